The summed E-state index contributed by atoms with van der Waals surface area (Å²) in [6.45, 7) is 0. The largest absolute Gasteiger partial charge is 0.481 e. The van der Waals surface area contributed by atoms with Crippen molar-refractivity contribution in [3.05, 3.63) is 34.9 Å². The van der Waals surface area contributed by atoms with E-state index in [-0.39, 0.29) is 18.4 Å². The molecule has 1 saturated carbocycles. The predicted molar refractivity (Wildman–Crippen MR) is 84.5 cm³/mol. The third-order valence-electron chi connectivity index (χ3n) is 3.35. The van der Waals surface area contributed by atoms with Gasteiger partial charge in [0.2, 0.25) is 5.91 Å². The first-order valence-electron chi connectivity index (χ1n) is 6.88. The first kappa shape index (κ1) is 16.2. The molecule has 0 aliphatic heterocycles. The van der Waals surface area contributed by atoms with Gasteiger partial charge in [-0.05, 0) is 36.5 Å². The van der Waals surface area contributed by atoms with E-state index >= 15 is 0 Å². The van der Waals surface area contributed by atoms with Crippen LogP contribution in [0.4, 0.5) is 0 Å². The normalized spacial score (nSPS) is 15.5. The van der Waals surface area contributed by atoms with E-state index in [0.717, 1.165) is 24.2 Å². The zero-order chi connectivity index (χ0) is 15.2. The first-order valence-corrected chi connectivity index (χ1v) is 8.41. The lowest BCUT2D eigenvalue weighted by atomic mass is 10.1. The summed E-state index contributed by atoms with van der Waals surface area (Å²) in [5.74, 6) is 0.461. The van der Waals surface area contributed by atoms with Gasteiger partial charge in [0.05, 0.1) is 12.2 Å². The fourth-order valence-corrected chi connectivity index (χ4v) is 3.04. The molecule has 0 bridgehead atoms. The number of carbonyl (C=O) groups excluding carboxylic acids is 1. The van der Waals surface area contributed by atoms with Gasteiger partial charge in [0, 0.05) is 16.8 Å². The van der Waals surface area contributed by atoms with Crippen molar-refractivity contribution >= 4 is 35.2 Å². The molecular formula is C15H18ClNO3S. The van der Waals surface area contributed by atoms with Crippen LogP contribution in [0.3, 0.4) is 0 Å². The van der Waals surface area contributed by atoms with Gasteiger partial charge in [-0.2, -0.15) is 0 Å². The molecule has 1 aliphatic carbocycles. The summed E-state index contributed by atoms with van der Waals surface area (Å²) >= 11 is 7.32. The summed E-state index contributed by atoms with van der Waals surface area (Å²) in [6.07, 6.45) is 2.03. The lowest BCUT2D eigenvalue weighted by Gasteiger charge is -2.16. The van der Waals surface area contributed by atoms with Crippen LogP contribution in [0.15, 0.2) is 24.3 Å². The Balaban J connectivity index is 1.71. The average molecular weight is 328 g/mol. The van der Waals surface area contributed by atoms with Crippen LogP contribution in [0.2, 0.25) is 5.02 Å². The van der Waals surface area contributed by atoms with Gasteiger partial charge < -0.3 is 10.4 Å². The van der Waals surface area contributed by atoms with Crippen LogP contribution in [0.5, 0.6) is 0 Å². The van der Waals surface area contributed by atoms with Crippen LogP contribution in [0.25, 0.3) is 0 Å². The maximum atomic E-state index is 11.9. The van der Waals surface area contributed by atoms with Crippen molar-refractivity contribution in [2.75, 3.05) is 5.75 Å². The average Bonchev–Trinajstić information content (AvgIpc) is 3.24. The number of benzene rings is 1. The molecule has 114 valence electrons. The van der Waals surface area contributed by atoms with Crippen molar-refractivity contribution in [3.8, 4) is 0 Å². The van der Waals surface area contributed by atoms with Crippen molar-refractivity contribution < 1.29 is 14.7 Å². The van der Waals surface area contributed by atoms with Gasteiger partial charge in [-0.25, -0.2) is 0 Å². The molecule has 0 spiro atoms. The molecule has 1 atom stereocenters. The molecule has 0 aromatic heterocycles. The number of nitrogens with one attached hydrogen (secondary N) is 1. The highest BCUT2D eigenvalue weighted by atomic mass is 35.5. The molecule has 1 aromatic carbocycles. The molecule has 1 amide bonds. The number of carboxylic acid groups (broad SMARTS) is 1. The van der Waals surface area contributed by atoms with Gasteiger partial charge in [-0.3, -0.25) is 9.59 Å². The zero-order valence-electron chi connectivity index (χ0n) is 11.5. The maximum absolute atomic E-state index is 11.9. The number of halogens is 1. The highest BCUT2D eigenvalue weighted by Gasteiger charge is 2.33. The number of amides is 1. The van der Waals surface area contributed by atoms with E-state index in [2.05, 4.69) is 5.32 Å². The van der Waals surface area contributed by atoms with Crippen LogP contribution in [-0.2, 0) is 15.3 Å². The number of carboxylic acids is 1. The van der Waals surface area contributed by atoms with E-state index in [1.165, 1.54) is 11.8 Å². The molecule has 2 rings (SSSR count). The smallest absolute Gasteiger partial charge is 0.305 e. The van der Waals surface area contributed by atoms with Crippen LogP contribution < -0.4 is 5.32 Å². The standard InChI is InChI=1S/C15H18ClNO3S/c16-12-5-1-10(2-6-12)8-21-9-14(18)17-13(7-15(19)20)11-3-4-11/h1-2,5-6,11,13H,3-4,7-9H2,(H,17,18)(H,19,20). The second-order valence-electron chi connectivity index (χ2n) is 5.23. The van der Waals surface area contributed by atoms with Crippen molar-refractivity contribution in [1.29, 1.82) is 0 Å². The van der Waals surface area contributed by atoms with Gasteiger partial charge in [0.25, 0.3) is 0 Å². The number of carbonyl (C=O) groups is 2. The van der Waals surface area contributed by atoms with E-state index < -0.39 is 5.97 Å². The van der Waals surface area contributed by atoms with Crippen molar-refractivity contribution in [2.45, 2.75) is 31.1 Å². The summed E-state index contributed by atoms with van der Waals surface area (Å²) in [5.41, 5.74) is 1.11. The predicted octanol–water partition coefficient (Wildman–Crippen LogP) is 2.94. The molecule has 0 heterocycles. The van der Waals surface area contributed by atoms with Gasteiger partial charge in [0.15, 0.2) is 0 Å². The Kier molecular flexibility index (Phi) is 5.94. The van der Waals surface area contributed by atoms with E-state index in [0.29, 0.717) is 16.7 Å². The molecule has 0 saturated heterocycles. The van der Waals surface area contributed by atoms with Crippen molar-refractivity contribution in [2.24, 2.45) is 5.92 Å². The third kappa shape index (κ3) is 5.98. The van der Waals surface area contributed by atoms with Crippen LogP contribution in [0, 0.1) is 5.92 Å². The number of hydrogen-bond donors (Lipinski definition) is 2. The molecule has 6 heteroatoms. The molecule has 2 N–H and O–H groups in total. The SMILES string of the molecule is O=C(O)CC(NC(=O)CSCc1ccc(Cl)cc1)C1CC1. The summed E-state index contributed by atoms with van der Waals surface area (Å²) in [5, 5.41) is 12.4. The molecule has 4 nitrogen and oxygen atoms in total. The van der Waals surface area contributed by atoms with E-state index in [1.807, 2.05) is 24.3 Å². The van der Waals surface area contributed by atoms with E-state index in [4.69, 9.17) is 16.7 Å². The molecule has 21 heavy (non-hydrogen) atoms. The van der Waals surface area contributed by atoms with Crippen molar-refractivity contribution in [1.82, 2.24) is 5.32 Å². The fourth-order valence-electron chi connectivity index (χ4n) is 2.11. The Bertz CT molecular complexity index is 502. The Morgan fingerprint density at radius 2 is 2.00 bits per heavy atom. The minimum absolute atomic E-state index is 0.0122. The second-order valence-corrected chi connectivity index (χ2v) is 6.65. The molecule has 1 aliphatic rings. The van der Waals surface area contributed by atoms with Crippen LogP contribution >= 0.6 is 23.4 Å². The fraction of sp³-hybridized carbons (Fsp3) is 0.467. The van der Waals surface area contributed by atoms with Gasteiger partial charge in [0.1, 0.15) is 0 Å². The number of hydrogen-bond acceptors (Lipinski definition) is 3. The minimum Gasteiger partial charge on any atom is -0.481 e. The molecule has 0 radical (unpaired) electrons. The summed E-state index contributed by atoms with van der Waals surface area (Å²) in [7, 11) is 0. The lowest BCUT2D eigenvalue weighted by Crippen LogP contribution is -2.39. The Labute approximate surface area is 133 Å². The lowest BCUT2D eigenvalue weighted by molar-refractivity contribution is -0.137. The summed E-state index contributed by atoms with van der Waals surface area (Å²) in [6, 6.07) is 7.31. The monoisotopic (exact) mass is 327 g/mol. The third-order valence-corrected chi connectivity index (χ3v) is 4.60. The van der Waals surface area contributed by atoms with Crippen LogP contribution in [-0.4, -0.2) is 28.8 Å². The highest BCUT2D eigenvalue weighted by molar-refractivity contribution is 7.99. The van der Waals surface area contributed by atoms with Gasteiger partial charge >= 0.3 is 5.97 Å². The second kappa shape index (κ2) is 7.71. The molecule has 1 fully saturated rings. The number of aliphatic carboxylic acids is 1. The van der Waals surface area contributed by atoms with Crippen LogP contribution in [0.1, 0.15) is 24.8 Å². The van der Waals surface area contributed by atoms with Gasteiger partial charge in [-0.15, -0.1) is 11.8 Å². The van der Waals surface area contributed by atoms with E-state index in [1.54, 1.807) is 0 Å². The van der Waals surface area contributed by atoms with Crippen molar-refractivity contribution in [3.63, 3.8) is 0 Å². The quantitative estimate of drug-likeness (QED) is 0.770. The highest BCUT2D eigenvalue weighted by Crippen LogP contribution is 2.34. The summed E-state index contributed by atoms with van der Waals surface area (Å²) < 4.78 is 0. The van der Waals surface area contributed by atoms with E-state index in [9.17, 15) is 9.59 Å². The number of thioether (sulfide) groups is 1. The Hall–Kier alpha value is -1.20. The maximum Gasteiger partial charge on any atom is 0.305 e. The molecule has 1 aromatic rings. The zero-order valence-corrected chi connectivity index (χ0v) is 13.1. The topological polar surface area (TPSA) is 66.4 Å². The Morgan fingerprint density at radius 3 is 2.57 bits per heavy atom. The summed E-state index contributed by atoms with van der Waals surface area (Å²) in [4.78, 5) is 22.6. The minimum atomic E-state index is -0.860. The number of rotatable bonds is 8. The Morgan fingerprint density at radius 1 is 1.33 bits per heavy atom. The molecular weight excluding hydrogens is 310 g/mol. The molecule has 1 unspecified atom stereocenters. The first-order chi connectivity index (χ1) is 10.0. The van der Waals surface area contributed by atoms with Gasteiger partial charge in [-0.1, -0.05) is 23.7 Å².